The zero-order chi connectivity index (χ0) is 13.7. The van der Waals surface area contributed by atoms with Crippen molar-refractivity contribution in [3.05, 3.63) is 64.7 Å². The first-order valence-electron chi connectivity index (χ1n) is 6.05. The number of hydrogen-bond acceptors (Lipinski definition) is 3. The second kappa shape index (κ2) is 6.57. The molecule has 3 nitrogen and oxygen atoms in total. The number of benzene rings is 2. The van der Waals surface area contributed by atoms with E-state index in [2.05, 4.69) is 0 Å². The summed E-state index contributed by atoms with van der Waals surface area (Å²) in [4.78, 5) is 0. The van der Waals surface area contributed by atoms with Crippen LogP contribution in [0.25, 0.3) is 0 Å². The van der Waals surface area contributed by atoms with E-state index >= 15 is 0 Å². The summed E-state index contributed by atoms with van der Waals surface area (Å²) < 4.78 is 5.85. The number of nitrogens with two attached hydrogens (primary N) is 1. The van der Waals surface area contributed by atoms with E-state index in [4.69, 9.17) is 27.2 Å². The number of aliphatic hydroxyl groups is 1. The number of ether oxygens (including phenoxy) is 1. The summed E-state index contributed by atoms with van der Waals surface area (Å²) in [6, 6.07) is 14.8. The van der Waals surface area contributed by atoms with Gasteiger partial charge < -0.3 is 15.6 Å². The number of rotatable bonds is 5. The van der Waals surface area contributed by atoms with Crippen molar-refractivity contribution in [2.45, 2.75) is 12.7 Å². The van der Waals surface area contributed by atoms with Crippen LogP contribution in [0.3, 0.4) is 0 Å². The summed E-state index contributed by atoms with van der Waals surface area (Å²) in [5.74, 6) is 0.682. The maximum absolute atomic E-state index is 9.11. The third-order valence-electron chi connectivity index (χ3n) is 2.79. The van der Waals surface area contributed by atoms with Crippen molar-refractivity contribution < 1.29 is 9.84 Å². The molecule has 0 amide bonds. The highest BCUT2D eigenvalue weighted by atomic mass is 35.5. The van der Waals surface area contributed by atoms with Gasteiger partial charge in [0.25, 0.3) is 0 Å². The van der Waals surface area contributed by atoms with Crippen LogP contribution in [-0.4, -0.2) is 11.7 Å². The van der Waals surface area contributed by atoms with E-state index in [0.717, 1.165) is 11.1 Å². The molecule has 1 atom stereocenters. The van der Waals surface area contributed by atoms with Gasteiger partial charge in [-0.25, -0.2) is 0 Å². The second-order valence-electron chi connectivity index (χ2n) is 4.20. The topological polar surface area (TPSA) is 55.5 Å². The summed E-state index contributed by atoms with van der Waals surface area (Å²) in [5, 5.41) is 9.77. The van der Waals surface area contributed by atoms with E-state index < -0.39 is 0 Å². The van der Waals surface area contributed by atoms with Gasteiger partial charge in [-0.05, 0) is 35.4 Å². The first kappa shape index (κ1) is 13.9. The maximum atomic E-state index is 9.11. The van der Waals surface area contributed by atoms with Gasteiger partial charge in [-0.15, -0.1) is 0 Å². The third kappa shape index (κ3) is 3.70. The molecule has 0 aromatic heterocycles. The van der Waals surface area contributed by atoms with Gasteiger partial charge in [0.1, 0.15) is 11.9 Å². The van der Waals surface area contributed by atoms with Crippen LogP contribution in [0.5, 0.6) is 5.75 Å². The minimum atomic E-state index is -0.257. The minimum absolute atomic E-state index is 0.0122. The molecule has 4 heteroatoms. The summed E-state index contributed by atoms with van der Waals surface area (Å²) in [5.41, 5.74) is 7.50. The van der Waals surface area contributed by atoms with Gasteiger partial charge in [-0.2, -0.15) is 0 Å². The molecule has 0 fully saturated rings. The quantitative estimate of drug-likeness (QED) is 0.883. The Kier molecular flexibility index (Phi) is 4.80. The summed E-state index contributed by atoms with van der Waals surface area (Å²) in [6.45, 7) is 0.339. The van der Waals surface area contributed by atoms with Crippen LogP contribution in [0.15, 0.2) is 48.5 Å². The van der Waals surface area contributed by atoms with Crippen LogP contribution >= 0.6 is 11.6 Å². The Morgan fingerprint density at radius 2 is 1.95 bits per heavy atom. The number of halogens is 1. The molecule has 0 aliphatic heterocycles. The predicted octanol–water partition coefficient (Wildman–Crippen LogP) is 2.91. The lowest BCUT2D eigenvalue weighted by molar-refractivity contribution is 0.213. The molecule has 0 bridgehead atoms. The van der Waals surface area contributed by atoms with Gasteiger partial charge in [0, 0.05) is 11.6 Å². The Bertz CT molecular complexity index is 545. The first-order chi connectivity index (χ1) is 9.22. The molecule has 1 unspecified atom stereocenters. The molecule has 19 heavy (non-hydrogen) atoms. The molecular formula is C15H16ClNO2. The van der Waals surface area contributed by atoms with Crippen molar-refractivity contribution in [2.24, 2.45) is 5.73 Å². The molecule has 3 N–H and O–H groups in total. The van der Waals surface area contributed by atoms with Crippen LogP contribution < -0.4 is 10.5 Å². The predicted molar refractivity (Wildman–Crippen MR) is 76.2 cm³/mol. The zero-order valence-corrected chi connectivity index (χ0v) is 11.2. The van der Waals surface area contributed by atoms with E-state index in [1.807, 2.05) is 42.5 Å². The zero-order valence-electron chi connectivity index (χ0n) is 10.4. The lowest BCUT2D eigenvalue weighted by atomic mass is 10.1. The van der Waals surface area contributed by atoms with Gasteiger partial charge in [-0.3, -0.25) is 0 Å². The van der Waals surface area contributed by atoms with Crippen molar-refractivity contribution in [1.29, 1.82) is 0 Å². The molecule has 2 rings (SSSR count). The molecular weight excluding hydrogens is 262 g/mol. The Morgan fingerprint density at radius 3 is 2.63 bits per heavy atom. The van der Waals surface area contributed by atoms with Gasteiger partial charge in [0.2, 0.25) is 0 Å². The third-order valence-corrected chi connectivity index (χ3v) is 3.03. The average Bonchev–Trinajstić information content (AvgIpc) is 2.45. The van der Waals surface area contributed by atoms with E-state index in [1.165, 1.54) is 0 Å². The van der Waals surface area contributed by atoms with Crippen LogP contribution in [0.4, 0.5) is 0 Å². The Balaban J connectivity index is 2.18. The lowest BCUT2D eigenvalue weighted by Gasteiger charge is -2.18. The van der Waals surface area contributed by atoms with Crippen molar-refractivity contribution in [3.8, 4) is 5.75 Å². The number of hydrogen-bond donors (Lipinski definition) is 2. The molecule has 2 aromatic carbocycles. The van der Waals surface area contributed by atoms with Gasteiger partial charge in [0.15, 0.2) is 0 Å². The normalized spacial score (nSPS) is 12.2. The molecule has 0 aliphatic rings. The van der Waals surface area contributed by atoms with Crippen LogP contribution in [0.2, 0.25) is 5.02 Å². The lowest BCUT2D eigenvalue weighted by Crippen LogP contribution is -2.18. The highest BCUT2D eigenvalue weighted by molar-refractivity contribution is 6.30. The van der Waals surface area contributed by atoms with Crippen molar-refractivity contribution in [2.75, 3.05) is 6.54 Å². The molecule has 0 saturated carbocycles. The molecule has 100 valence electrons. The summed E-state index contributed by atoms with van der Waals surface area (Å²) in [7, 11) is 0. The SMILES string of the molecule is NCC(Oc1cccc(CO)c1)c1cccc(Cl)c1. The molecule has 0 heterocycles. The van der Waals surface area contributed by atoms with Crippen LogP contribution in [-0.2, 0) is 6.61 Å². The fourth-order valence-corrected chi connectivity index (χ4v) is 2.04. The molecule has 2 aromatic rings. The first-order valence-corrected chi connectivity index (χ1v) is 6.42. The van der Waals surface area contributed by atoms with Gasteiger partial charge in [-0.1, -0.05) is 35.9 Å². The molecule has 0 saturated heterocycles. The maximum Gasteiger partial charge on any atom is 0.136 e. The summed E-state index contributed by atoms with van der Waals surface area (Å²) >= 11 is 5.97. The molecule has 0 radical (unpaired) electrons. The highest BCUT2D eigenvalue weighted by Crippen LogP contribution is 2.24. The standard InChI is InChI=1S/C15H16ClNO2/c16-13-5-2-4-12(8-13)15(9-17)19-14-6-1-3-11(7-14)10-18/h1-8,15,18H,9-10,17H2. The van der Waals surface area contributed by atoms with Gasteiger partial charge >= 0.3 is 0 Å². The van der Waals surface area contributed by atoms with E-state index in [-0.39, 0.29) is 12.7 Å². The Hall–Kier alpha value is -1.55. The average molecular weight is 278 g/mol. The van der Waals surface area contributed by atoms with Crippen LogP contribution in [0.1, 0.15) is 17.2 Å². The van der Waals surface area contributed by atoms with Crippen molar-refractivity contribution in [3.63, 3.8) is 0 Å². The molecule has 0 aliphatic carbocycles. The van der Waals surface area contributed by atoms with Gasteiger partial charge in [0.05, 0.1) is 6.61 Å². The van der Waals surface area contributed by atoms with Crippen molar-refractivity contribution >= 4 is 11.6 Å². The van der Waals surface area contributed by atoms with E-state index in [1.54, 1.807) is 6.07 Å². The fraction of sp³-hybridized carbons (Fsp3) is 0.200. The van der Waals surface area contributed by atoms with E-state index in [9.17, 15) is 0 Å². The number of aliphatic hydroxyl groups excluding tert-OH is 1. The highest BCUT2D eigenvalue weighted by Gasteiger charge is 2.12. The summed E-state index contributed by atoms with van der Waals surface area (Å²) in [6.07, 6.45) is -0.257. The fourth-order valence-electron chi connectivity index (χ4n) is 1.84. The Labute approximate surface area is 117 Å². The largest absolute Gasteiger partial charge is 0.484 e. The molecule has 0 spiro atoms. The smallest absolute Gasteiger partial charge is 0.136 e. The van der Waals surface area contributed by atoms with Crippen molar-refractivity contribution in [1.82, 2.24) is 0 Å². The van der Waals surface area contributed by atoms with Crippen LogP contribution in [0, 0.1) is 0 Å². The minimum Gasteiger partial charge on any atom is -0.484 e. The second-order valence-corrected chi connectivity index (χ2v) is 4.64. The van der Waals surface area contributed by atoms with E-state index in [0.29, 0.717) is 17.3 Å². The monoisotopic (exact) mass is 277 g/mol. The Morgan fingerprint density at radius 1 is 1.16 bits per heavy atom.